The Bertz CT molecular complexity index is 557. The molecule has 1 aliphatic rings. The zero-order valence-corrected chi connectivity index (χ0v) is 14.0. The summed E-state index contributed by atoms with van der Waals surface area (Å²) >= 11 is 11.8. The van der Waals surface area contributed by atoms with E-state index in [4.69, 9.17) is 23.2 Å². The summed E-state index contributed by atoms with van der Waals surface area (Å²) in [6, 6.07) is 4.26. The van der Waals surface area contributed by atoms with Gasteiger partial charge in [0.25, 0.3) is 5.91 Å². The molecular formula is C16H20Cl2N2O2. The maximum absolute atomic E-state index is 12.2. The molecule has 2 N–H and O–H groups in total. The third-order valence-corrected chi connectivity index (χ3v) is 4.42. The lowest BCUT2D eigenvalue weighted by atomic mass is 9.95. The molecule has 1 aromatic rings. The molecule has 0 aliphatic heterocycles. The molecule has 2 amide bonds. The van der Waals surface area contributed by atoms with Crippen molar-refractivity contribution in [2.45, 2.75) is 51.1 Å². The van der Waals surface area contributed by atoms with Gasteiger partial charge in [0.15, 0.2) is 0 Å². The minimum Gasteiger partial charge on any atom is -0.352 e. The van der Waals surface area contributed by atoms with Crippen LogP contribution in [-0.2, 0) is 4.79 Å². The molecule has 1 atom stereocenters. The Morgan fingerprint density at radius 3 is 2.50 bits per heavy atom. The maximum Gasteiger partial charge on any atom is 0.253 e. The summed E-state index contributed by atoms with van der Waals surface area (Å²) in [7, 11) is 0. The molecule has 0 heterocycles. The topological polar surface area (TPSA) is 58.2 Å². The van der Waals surface area contributed by atoms with Crippen molar-refractivity contribution in [1.82, 2.24) is 10.6 Å². The average Bonchev–Trinajstić information content (AvgIpc) is 2.47. The van der Waals surface area contributed by atoms with Gasteiger partial charge in [0, 0.05) is 11.1 Å². The number of carbonyl (C=O) groups excluding carboxylic acids is 2. The summed E-state index contributed by atoms with van der Waals surface area (Å²) in [5, 5.41) is 6.39. The molecule has 0 aromatic heterocycles. The fraction of sp³-hybridized carbons (Fsp3) is 0.500. The number of benzene rings is 1. The van der Waals surface area contributed by atoms with Gasteiger partial charge in [-0.3, -0.25) is 9.59 Å². The standard InChI is InChI=1S/C16H20Cl2N2O2/c1-10(15(21)20-12-5-3-2-4-6-12)19-16(22)13-8-7-11(17)9-14(13)18/h7-10,12H,2-6H2,1H3,(H,19,22)(H,20,21)/t10-/m0/s1. The molecule has 0 saturated heterocycles. The number of nitrogens with one attached hydrogen (secondary N) is 2. The monoisotopic (exact) mass is 342 g/mol. The van der Waals surface area contributed by atoms with Gasteiger partial charge >= 0.3 is 0 Å². The quantitative estimate of drug-likeness (QED) is 0.878. The minimum absolute atomic E-state index is 0.162. The zero-order chi connectivity index (χ0) is 16.1. The highest BCUT2D eigenvalue weighted by Crippen LogP contribution is 2.21. The molecule has 22 heavy (non-hydrogen) atoms. The summed E-state index contributed by atoms with van der Waals surface area (Å²) in [6.07, 6.45) is 5.54. The van der Waals surface area contributed by atoms with Crippen molar-refractivity contribution >= 4 is 35.0 Å². The lowest BCUT2D eigenvalue weighted by Crippen LogP contribution is -2.48. The first-order valence-corrected chi connectivity index (χ1v) is 8.29. The van der Waals surface area contributed by atoms with Gasteiger partial charge in [0.05, 0.1) is 10.6 Å². The Labute approximate surface area is 140 Å². The van der Waals surface area contributed by atoms with Crippen molar-refractivity contribution in [2.24, 2.45) is 0 Å². The van der Waals surface area contributed by atoms with Gasteiger partial charge in [-0.2, -0.15) is 0 Å². The Kier molecular flexibility index (Phi) is 6.09. The minimum atomic E-state index is -0.610. The summed E-state index contributed by atoms with van der Waals surface area (Å²) in [6.45, 7) is 1.67. The van der Waals surface area contributed by atoms with Crippen LogP contribution in [0.1, 0.15) is 49.4 Å². The maximum atomic E-state index is 12.2. The summed E-state index contributed by atoms with van der Waals surface area (Å²) in [5.74, 6) is -0.543. The molecule has 0 spiro atoms. The van der Waals surface area contributed by atoms with Crippen LogP contribution in [0.3, 0.4) is 0 Å². The summed E-state index contributed by atoms with van der Waals surface area (Å²) in [4.78, 5) is 24.3. The van der Waals surface area contributed by atoms with Crippen LogP contribution in [0.4, 0.5) is 0 Å². The highest BCUT2D eigenvalue weighted by atomic mass is 35.5. The summed E-state index contributed by atoms with van der Waals surface area (Å²) in [5.41, 5.74) is 0.309. The van der Waals surface area contributed by atoms with Gasteiger partial charge in [-0.05, 0) is 38.0 Å². The third kappa shape index (κ3) is 4.62. The van der Waals surface area contributed by atoms with Crippen LogP contribution in [0.25, 0.3) is 0 Å². The van der Waals surface area contributed by atoms with E-state index in [2.05, 4.69) is 10.6 Å². The van der Waals surface area contributed by atoms with Crippen LogP contribution < -0.4 is 10.6 Å². The van der Waals surface area contributed by atoms with Crippen LogP contribution in [0.5, 0.6) is 0 Å². The van der Waals surface area contributed by atoms with Gasteiger partial charge < -0.3 is 10.6 Å². The van der Waals surface area contributed by atoms with Gasteiger partial charge in [-0.25, -0.2) is 0 Å². The lowest BCUT2D eigenvalue weighted by molar-refractivity contribution is -0.123. The second-order valence-corrected chi connectivity index (χ2v) is 6.51. The van der Waals surface area contributed by atoms with Crippen molar-refractivity contribution in [3.05, 3.63) is 33.8 Å². The first-order valence-electron chi connectivity index (χ1n) is 7.53. The first-order chi connectivity index (χ1) is 10.5. The molecule has 1 aromatic carbocycles. The normalized spacial score (nSPS) is 16.9. The number of hydrogen-bond donors (Lipinski definition) is 2. The van der Waals surface area contributed by atoms with E-state index in [1.807, 2.05) is 0 Å². The molecule has 0 unspecified atom stereocenters. The molecule has 0 bridgehead atoms. The van der Waals surface area contributed by atoms with E-state index >= 15 is 0 Å². The molecule has 2 rings (SSSR count). The van der Waals surface area contributed by atoms with Crippen LogP contribution in [0.2, 0.25) is 10.0 Å². The van der Waals surface area contributed by atoms with Crippen molar-refractivity contribution in [3.8, 4) is 0 Å². The summed E-state index contributed by atoms with van der Waals surface area (Å²) < 4.78 is 0. The molecule has 1 fully saturated rings. The SMILES string of the molecule is C[C@H](NC(=O)c1ccc(Cl)cc1Cl)C(=O)NC1CCCCC1. The van der Waals surface area contributed by atoms with E-state index in [9.17, 15) is 9.59 Å². The van der Waals surface area contributed by atoms with E-state index in [0.717, 1.165) is 25.7 Å². The number of carbonyl (C=O) groups is 2. The molecular weight excluding hydrogens is 323 g/mol. The van der Waals surface area contributed by atoms with Gasteiger partial charge in [0.2, 0.25) is 5.91 Å². The Balaban J connectivity index is 1.91. The lowest BCUT2D eigenvalue weighted by Gasteiger charge is -2.24. The predicted molar refractivity (Wildman–Crippen MR) is 88.4 cm³/mol. The second-order valence-electron chi connectivity index (χ2n) is 5.66. The van der Waals surface area contributed by atoms with Crippen LogP contribution >= 0.6 is 23.2 Å². The van der Waals surface area contributed by atoms with E-state index in [0.29, 0.717) is 10.6 Å². The van der Waals surface area contributed by atoms with Crippen molar-refractivity contribution in [1.29, 1.82) is 0 Å². The van der Waals surface area contributed by atoms with Crippen molar-refractivity contribution < 1.29 is 9.59 Å². The third-order valence-electron chi connectivity index (χ3n) is 3.87. The molecule has 1 saturated carbocycles. The smallest absolute Gasteiger partial charge is 0.253 e. The van der Waals surface area contributed by atoms with Crippen LogP contribution in [-0.4, -0.2) is 23.9 Å². The first kappa shape index (κ1) is 17.1. The highest BCUT2D eigenvalue weighted by Gasteiger charge is 2.22. The van der Waals surface area contributed by atoms with Crippen LogP contribution in [0, 0.1) is 0 Å². The van der Waals surface area contributed by atoms with E-state index < -0.39 is 6.04 Å². The Morgan fingerprint density at radius 2 is 1.86 bits per heavy atom. The van der Waals surface area contributed by atoms with E-state index in [1.54, 1.807) is 19.1 Å². The molecule has 4 nitrogen and oxygen atoms in total. The number of amides is 2. The van der Waals surface area contributed by atoms with Gasteiger partial charge in [-0.1, -0.05) is 42.5 Å². The fourth-order valence-corrected chi connectivity index (χ4v) is 3.08. The van der Waals surface area contributed by atoms with E-state index in [1.165, 1.54) is 12.5 Å². The number of hydrogen-bond acceptors (Lipinski definition) is 2. The zero-order valence-electron chi connectivity index (χ0n) is 12.5. The van der Waals surface area contributed by atoms with E-state index in [-0.39, 0.29) is 22.9 Å². The molecule has 0 radical (unpaired) electrons. The van der Waals surface area contributed by atoms with Crippen molar-refractivity contribution in [2.75, 3.05) is 0 Å². The fourth-order valence-electron chi connectivity index (χ4n) is 2.59. The van der Waals surface area contributed by atoms with Gasteiger partial charge in [0.1, 0.15) is 6.04 Å². The molecule has 1 aliphatic carbocycles. The highest BCUT2D eigenvalue weighted by molar-refractivity contribution is 6.36. The van der Waals surface area contributed by atoms with Gasteiger partial charge in [-0.15, -0.1) is 0 Å². The largest absolute Gasteiger partial charge is 0.352 e. The molecule has 120 valence electrons. The molecule has 6 heteroatoms. The van der Waals surface area contributed by atoms with Crippen LogP contribution in [0.15, 0.2) is 18.2 Å². The Hall–Kier alpha value is -1.26. The Morgan fingerprint density at radius 1 is 1.18 bits per heavy atom. The average molecular weight is 343 g/mol. The predicted octanol–water partition coefficient (Wildman–Crippen LogP) is 3.56. The van der Waals surface area contributed by atoms with Crippen molar-refractivity contribution in [3.63, 3.8) is 0 Å². The number of halogens is 2. The second kappa shape index (κ2) is 7.84. The number of rotatable bonds is 4.